The van der Waals surface area contributed by atoms with Crippen LogP contribution in [0.4, 0.5) is 0 Å². The average molecular weight is 267 g/mol. The van der Waals surface area contributed by atoms with Crippen LogP contribution < -0.4 is 20.9 Å². The predicted molar refractivity (Wildman–Crippen MR) is 74.5 cm³/mol. The second-order valence-electron chi connectivity index (χ2n) is 3.37. The lowest BCUT2D eigenvalue weighted by atomic mass is 10.2. The summed E-state index contributed by atoms with van der Waals surface area (Å²) in [5, 5.41) is 3.24. The topological polar surface area (TPSA) is 62.4 Å². The van der Waals surface area contributed by atoms with Crippen molar-refractivity contribution < 1.29 is 9.53 Å². The van der Waals surface area contributed by atoms with Crippen LogP contribution in [-0.4, -0.2) is 24.2 Å². The molecular formula is C12H17N3O2S. The number of rotatable bonds is 4. The van der Waals surface area contributed by atoms with Crippen LogP contribution in [0.3, 0.4) is 0 Å². The Labute approximate surface area is 112 Å². The molecule has 0 radical (unpaired) electrons. The molecule has 98 valence electrons. The summed E-state index contributed by atoms with van der Waals surface area (Å²) in [6.45, 7) is 4.98. The van der Waals surface area contributed by atoms with Crippen molar-refractivity contribution in [3.63, 3.8) is 0 Å². The molecule has 0 bridgehead atoms. The molecule has 1 aromatic rings. The molecule has 0 aliphatic carbocycles. The molecule has 3 N–H and O–H groups in total. The Morgan fingerprint density at radius 1 is 1.28 bits per heavy atom. The molecular weight excluding hydrogens is 250 g/mol. The largest absolute Gasteiger partial charge is 0.493 e. The number of benzene rings is 1. The number of carbonyl (C=O) groups is 1. The van der Waals surface area contributed by atoms with Crippen LogP contribution in [0.1, 0.15) is 24.2 Å². The standard InChI is InChI=1S/C12H17N3O2S/c1-3-13-12(18)15-14-11(16)9-7-5-6-8-10(9)17-4-2/h5-8H,3-4H2,1-2H3,(H,14,16)(H2,13,15,18). The van der Waals surface area contributed by atoms with Gasteiger partial charge in [0.15, 0.2) is 5.11 Å². The van der Waals surface area contributed by atoms with Crippen LogP contribution in [0.15, 0.2) is 24.3 Å². The lowest BCUT2D eigenvalue weighted by molar-refractivity contribution is 0.0940. The summed E-state index contributed by atoms with van der Waals surface area (Å²) >= 11 is 4.94. The molecule has 0 spiro atoms. The Hall–Kier alpha value is -1.82. The first kappa shape index (κ1) is 14.2. The van der Waals surface area contributed by atoms with E-state index in [0.29, 0.717) is 29.6 Å². The van der Waals surface area contributed by atoms with E-state index in [-0.39, 0.29) is 5.91 Å². The number of hydrazine groups is 1. The Morgan fingerprint density at radius 2 is 2.00 bits per heavy atom. The number of amides is 1. The van der Waals surface area contributed by atoms with Gasteiger partial charge in [-0.1, -0.05) is 12.1 Å². The van der Waals surface area contributed by atoms with E-state index in [4.69, 9.17) is 17.0 Å². The molecule has 0 saturated heterocycles. The monoisotopic (exact) mass is 267 g/mol. The van der Waals surface area contributed by atoms with Gasteiger partial charge in [0.2, 0.25) is 0 Å². The summed E-state index contributed by atoms with van der Waals surface area (Å²) < 4.78 is 5.38. The Bertz CT molecular complexity index is 424. The Kier molecular flexibility index (Phi) is 5.93. The van der Waals surface area contributed by atoms with Gasteiger partial charge in [0, 0.05) is 6.54 Å². The molecule has 0 aliphatic heterocycles. The zero-order valence-corrected chi connectivity index (χ0v) is 11.3. The van der Waals surface area contributed by atoms with Gasteiger partial charge in [-0.2, -0.15) is 0 Å². The third-order valence-corrected chi connectivity index (χ3v) is 2.30. The molecule has 0 aliphatic rings. The Morgan fingerprint density at radius 3 is 2.67 bits per heavy atom. The van der Waals surface area contributed by atoms with Crippen molar-refractivity contribution in [3.05, 3.63) is 29.8 Å². The van der Waals surface area contributed by atoms with E-state index in [0.717, 1.165) is 0 Å². The van der Waals surface area contributed by atoms with Gasteiger partial charge in [-0.15, -0.1) is 0 Å². The summed E-state index contributed by atoms with van der Waals surface area (Å²) in [6.07, 6.45) is 0. The van der Waals surface area contributed by atoms with Crippen molar-refractivity contribution in [1.29, 1.82) is 0 Å². The molecule has 18 heavy (non-hydrogen) atoms. The second kappa shape index (κ2) is 7.50. The fourth-order valence-corrected chi connectivity index (χ4v) is 1.52. The lowest BCUT2D eigenvalue weighted by Crippen LogP contribution is -2.46. The first-order valence-corrected chi connectivity index (χ1v) is 6.15. The highest BCUT2D eigenvalue weighted by atomic mass is 32.1. The molecule has 0 aromatic heterocycles. The van der Waals surface area contributed by atoms with Crippen LogP contribution in [0.25, 0.3) is 0 Å². The lowest BCUT2D eigenvalue weighted by Gasteiger charge is -2.12. The van der Waals surface area contributed by atoms with Crippen LogP contribution in [-0.2, 0) is 0 Å². The summed E-state index contributed by atoms with van der Waals surface area (Å²) in [7, 11) is 0. The van der Waals surface area contributed by atoms with Crippen LogP contribution in [0.2, 0.25) is 0 Å². The van der Waals surface area contributed by atoms with Crippen LogP contribution in [0, 0.1) is 0 Å². The fraction of sp³-hybridized carbons (Fsp3) is 0.333. The summed E-state index contributed by atoms with van der Waals surface area (Å²) in [4.78, 5) is 11.9. The van der Waals surface area contributed by atoms with Gasteiger partial charge < -0.3 is 10.1 Å². The number of thiocarbonyl (C=S) groups is 1. The minimum Gasteiger partial charge on any atom is -0.493 e. The van der Waals surface area contributed by atoms with E-state index >= 15 is 0 Å². The molecule has 0 heterocycles. The highest BCUT2D eigenvalue weighted by Gasteiger charge is 2.11. The zero-order valence-electron chi connectivity index (χ0n) is 10.4. The van der Waals surface area contributed by atoms with Gasteiger partial charge in [-0.25, -0.2) is 0 Å². The van der Waals surface area contributed by atoms with Gasteiger partial charge in [-0.05, 0) is 38.2 Å². The van der Waals surface area contributed by atoms with Gasteiger partial charge in [0.25, 0.3) is 5.91 Å². The molecule has 1 rings (SSSR count). The van der Waals surface area contributed by atoms with Crippen molar-refractivity contribution in [3.8, 4) is 5.75 Å². The van der Waals surface area contributed by atoms with Crippen molar-refractivity contribution in [2.45, 2.75) is 13.8 Å². The quantitative estimate of drug-likeness (QED) is 0.565. The first-order chi connectivity index (χ1) is 8.69. The maximum atomic E-state index is 11.9. The minimum absolute atomic E-state index is 0.292. The minimum atomic E-state index is -0.292. The summed E-state index contributed by atoms with van der Waals surface area (Å²) in [5.41, 5.74) is 5.59. The fourth-order valence-electron chi connectivity index (χ4n) is 1.32. The molecule has 0 saturated carbocycles. The number of hydrogen-bond acceptors (Lipinski definition) is 3. The Balaban J connectivity index is 2.63. The van der Waals surface area contributed by atoms with Gasteiger partial charge >= 0.3 is 0 Å². The predicted octanol–water partition coefficient (Wildman–Crippen LogP) is 1.21. The molecule has 1 amide bonds. The first-order valence-electron chi connectivity index (χ1n) is 5.75. The highest BCUT2D eigenvalue weighted by molar-refractivity contribution is 7.80. The molecule has 0 fully saturated rings. The molecule has 0 unspecified atom stereocenters. The maximum absolute atomic E-state index is 11.9. The molecule has 1 aromatic carbocycles. The van der Waals surface area contributed by atoms with E-state index in [2.05, 4.69) is 16.2 Å². The average Bonchev–Trinajstić information content (AvgIpc) is 2.37. The normalized spacial score (nSPS) is 9.44. The highest BCUT2D eigenvalue weighted by Crippen LogP contribution is 2.17. The van der Waals surface area contributed by atoms with Gasteiger partial charge in [0.1, 0.15) is 5.75 Å². The van der Waals surface area contributed by atoms with E-state index in [1.165, 1.54) is 0 Å². The molecule has 0 atom stereocenters. The number of hydrogen-bond donors (Lipinski definition) is 3. The number of carbonyl (C=O) groups excluding carboxylic acids is 1. The van der Waals surface area contributed by atoms with E-state index < -0.39 is 0 Å². The third kappa shape index (κ3) is 4.21. The van der Waals surface area contributed by atoms with Gasteiger partial charge in [-0.3, -0.25) is 15.6 Å². The van der Waals surface area contributed by atoms with Gasteiger partial charge in [0.05, 0.1) is 12.2 Å². The van der Waals surface area contributed by atoms with E-state index in [9.17, 15) is 4.79 Å². The van der Waals surface area contributed by atoms with Crippen LogP contribution >= 0.6 is 12.2 Å². The van der Waals surface area contributed by atoms with Crippen LogP contribution in [0.5, 0.6) is 5.75 Å². The van der Waals surface area contributed by atoms with Crippen molar-refractivity contribution in [2.75, 3.05) is 13.2 Å². The number of nitrogens with one attached hydrogen (secondary N) is 3. The second-order valence-corrected chi connectivity index (χ2v) is 3.78. The number of para-hydroxylation sites is 1. The zero-order chi connectivity index (χ0) is 13.4. The SMILES string of the molecule is CCNC(=S)NNC(=O)c1ccccc1OCC. The number of ether oxygens (including phenoxy) is 1. The van der Waals surface area contributed by atoms with Crippen molar-refractivity contribution in [1.82, 2.24) is 16.2 Å². The molecule has 5 nitrogen and oxygen atoms in total. The van der Waals surface area contributed by atoms with E-state index in [1.807, 2.05) is 19.9 Å². The summed E-state index contributed by atoms with van der Waals surface area (Å²) in [5.74, 6) is 0.257. The maximum Gasteiger partial charge on any atom is 0.273 e. The smallest absolute Gasteiger partial charge is 0.273 e. The summed E-state index contributed by atoms with van der Waals surface area (Å²) in [6, 6.07) is 7.04. The third-order valence-electron chi connectivity index (χ3n) is 2.06. The van der Waals surface area contributed by atoms with E-state index in [1.54, 1.807) is 18.2 Å². The van der Waals surface area contributed by atoms with Crippen molar-refractivity contribution in [2.24, 2.45) is 0 Å². The molecule has 6 heteroatoms. The van der Waals surface area contributed by atoms with Crippen molar-refractivity contribution >= 4 is 23.2 Å².